The lowest BCUT2D eigenvalue weighted by atomic mass is 9.29. The van der Waals surface area contributed by atoms with Gasteiger partial charge in [0.15, 0.2) is 5.82 Å². The van der Waals surface area contributed by atoms with Crippen LogP contribution >= 0.6 is 0 Å². The van der Waals surface area contributed by atoms with Crippen LogP contribution in [0, 0.1) is 83.1 Å². The number of aryl methyl sites for hydroxylation is 2. The van der Waals surface area contributed by atoms with Crippen molar-refractivity contribution in [2.45, 2.75) is 83.1 Å². The van der Waals surface area contributed by atoms with Crippen LogP contribution in [0.2, 0.25) is 0 Å². The number of rotatable bonds is 6. The number of hydrogen-bond acceptors (Lipinski definition) is 3. The maximum Gasteiger partial charge on any atom is 0.247 e. The molecule has 8 aromatic carbocycles. The van der Waals surface area contributed by atoms with Gasteiger partial charge in [0, 0.05) is 33.8 Å². The van der Waals surface area contributed by atoms with Gasteiger partial charge in [0.05, 0.1) is 11.4 Å². The first-order valence-corrected chi connectivity index (χ1v) is 24.6. The zero-order valence-electron chi connectivity index (χ0n) is 42.3. The Morgan fingerprint density at radius 3 is 1.13 bits per heavy atom. The molecule has 9 aromatic rings. The fourth-order valence-electron chi connectivity index (χ4n) is 11.9. The van der Waals surface area contributed by atoms with Crippen molar-refractivity contribution in [2.75, 3.05) is 4.90 Å². The zero-order valence-corrected chi connectivity index (χ0v) is 42.3. The monoisotopic (exact) mass is 891 g/mol. The molecule has 0 saturated heterocycles. The van der Waals surface area contributed by atoms with Gasteiger partial charge in [-0.15, -0.1) is 0 Å². The second kappa shape index (κ2) is 16.8. The molecule has 1 aromatic heterocycles. The third-order valence-corrected chi connectivity index (χ3v) is 16.5. The van der Waals surface area contributed by atoms with Crippen molar-refractivity contribution in [3.8, 4) is 45.0 Å². The summed E-state index contributed by atoms with van der Waals surface area (Å²) in [5.74, 6) is 0.719. The minimum atomic E-state index is 0.0206. The lowest BCUT2D eigenvalue weighted by Gasteiger charge is -2.45. The molecule has 0 amide bonds. The second-order valence-electron chi connectivity index (χ2n) is 20.2. The fraction of sp³-hybridized carbons (Fsp3) is 0.188. The van der Waals surface area contributed by atoms with Crippen LogP contribution in [0.15, 0.2) is 140 Å². The van der Waals surface area contributed by atoms with Crippen molar-refractivity contribution in [1.82, 2.24) is 9.97 Å². The van der Waals surface area contributed by atoms with Gasteiger partial charge < -0.3 is 4.90 Å². The van der Waals surface area contributed by atoms with E-state index in [0.29, 0.717) is 0 Å². The van der Waals surface area contributed by atoms with Crippen molar-refractivity contribution < 1.29 is 0 Å². The first-order valence-electron chi connectivity index (χ1n) is 24.6. The van der Waals surface area contributed by atoms with Crippen molar-refractivity contribution in [2.24, 2.45) is 0 Å². The molecule has 336 valence electrons. The van der Waals surface area contributed by atoms with Crippen LogP contribution in [-0.2, 0) is 0 Å². The van der Waals surface area contributed by atoms with E-state index in [1.54, 1.807) is 0 Å². The van der Waals surface area contributed by atoms with Gasteiger partial charge in [-0.25, -0.2) is 9.97 Å². The van der Waals surface area contributed by atoms with E-state index >= 15 is 0 Å². The summed E-state index contributed by atoms with van der Waals surface area (Å²) in [6, 6.07) is 51.5. The Hall–Kier alpha value is -7.23. The molecule has 3 nitrogen and oxygen atoms in total. The van der Waals surface area contributed by atoms with Gasteiger partial charge in [-0.05, 0) is 168 Å². The standard InChI is InChI=1S/C64H59B2N3/c1-36-23-29-59-53(31-36)65(61-44(9)40(5)38(3)41(6)45(61)10)55-33-52(34-56-63(55)69(59)60-30-24-37(2)32-54(60)66(56)62-46(11)42(7)39(4)43(8)47(62)12)48-25-27-50(28-26-48)58-35-57(49-19-15-13-16-20-49)67-64(68-58)51-21-17-14-18-22-51/h13-35H,1-12H3. The van der Waals surface area contributed by atoms with Crippen molar-refractivity contribution in [3.05, 3.63) is 206 Å². The highest BCUT2D eigenvalue weighted by Crippen LogP contribution is 2.41. The summed E-state index contributed by atoms with van der Waals surface area (Å²) in [6.45, 7) is 27.9. The van der Waals surface area contributed by atoms with Crippen molar-refractivity contribution in [3.63, 3.8) is 0 Å². The van der Waals surface area contributed by atoms with E-state index in [-0.39, 0.29) is 13.4 Å². The smallest absolute Gasteiger partial charge is 0.247 e. The van der Waals surface area contributed by atoms with Crippen molar-refractivity contribution >= 4 is 63.3 Å². The van der Waals surface area contributed by atoms with Crippen LogP contribution in [-0.4, -0.2) is 23.4 Å². The molecule has 0 fully saturated rings. The fourth-order valence-corrected chi connectivity index (χ4v) is 11.9. The molecule has 0 unspecified atom stereocenters. The Kier molecular flexibility index (Phi) is 10.8. The molecule has 0 spiro atoms. The van der Waals surface area contributed by atoms with Gasteiger partial charge in [-0.1, -0.05) is 166 Å². The van der Waals surface area contributed by atoms with Crippen LogP contribution in [0.3, 0.4) is 0 Å². The third-order valence-electron chi connectivity index (χ3n) is 16.5. The molecule has 0 saturated carbocycles. The molecule has 11 rings (SSSR count). The number of fused-ring (bicyclic) bond motifs is 4. The average molecular weight is 892 g/mol. The van der Waals surface area contributed by atoms with E-state index in [0.717, 1.165) is 33.9 Å². The quantitative estimate of drug-likeness (QED) is 0.156. The predicted octanol–water partition coefficient (Wildman–Crippen LogP) is 12.0. The number of nitrogens with zero attached hydrogens (tertiary/aromatic N) is 3. The number of benzene rings is 8. The minimum Gasteiger partial charge on any atom is -0.313 e. The molecule has 2 aliphatic heterocycles. The minimum absolute atomic E-state index is 0.0206. The highest BCUT2D eigenvalue weighted by Gasteiger charge is 2.45. The lowest BCUT2D eigenvalue weighted by Crippen LogP contribution is -2.66. The number of anilines is 3. The molecule has 3 heterocycles. The van der Waals surface area contributed by atoms with E-state index < -0.39 is 0 Å². The normalized spacial score (nSPS) is 12.6. The Balaban J connectivity index is 1.20. The molecule has 0 bridgehead atoms. The first kappa shape index (κ1) is 44.3. The Labute approximate surface area is 410 Å². The average Bonchev–Trinajstić information content (AvgIpc) is 3.37. The lowest BCUT2D eigenvalue weighted by molar-refractivity contribution is 1.18. The zero-order chi connectivity index (χ0) is 48.2. The van der Waals surface area contributed by atoms with Crippen molar-refractivity contribution in [1.29, 1.82) is 0 Å². The molecule has 0 atom stereocenters. The van der Waals surface area contributed by atoms with Crippen LogP contribution in [0.5, 0.6) is 0 Å². The first-order chi connectivity index (χ1) is 33.2. The molecule has 0 radical (unpaired) electrons. The van der Waals surface area contributed by atoms with E-state index in [4.69, 9.17) is 9.97 Å². The SMILES string of the molecule is Cc1ccc2c(c1)B(c1c(C)c(C)c(C)c(C)c1C)c1cc(-c3ccc(-c4cc(-c5ccccc5)nc(-c5ccccc5)n4)cc3)cc3c1N2c1ccc(C)cc1B3c1c(C)c(C)c(C)c(C)c1C. The summed E-state index contributed by atoms with van der Waals surface area (Å²) in [7, 11) is 0. The Bertz CT molecular complexity index is 3310. The predicted molar refractivity (Wildman–Crippen MR) is 297 cm³/mol. The molecule has 5 heteroatoms. The summed E-state index contributed by atoms with van der Waals surface area (Å²) in [6.07, 6.45) is 0. The summed E-state index contributed by atoms with van der Waals surface area (Å²) >= 11 is 0. The van der Waals surface area contributed by atoms with Gasteiger partial charge in [0.1, 0.15) is 0 Å². The summed E-state index contributed by atoms with van der Waals surface area (Å²) < 4.78 is 0. The van der Waals surface area contributed by atoms with E-state index in [1.165, 1.54) is 128 Å². The van der Waals surface area contributed by atoms with E-state index in [1.807, 2.05) is 6.07 Å². The second-order valence-corrected chi connectivity index (χ2v) is 20.2. The molecule has 69 heavy (non-hydrogen) atoms. The van der Waals surface area contributed by atoms with Crippen LogP contribution < -0.4 is 37.7 Å². The molecular weight excluding hydrogens is 832 g/mol. The number of hydrogen-bond donors (Lipinski definition) is 0. The Morgan fingerprint density at radius 2 is 0.696 bits per heavy atom. The molecule has 0 aliphatic carbocycles. The maximum absolute atomic E-state index is 5.20. The van der Waals surface area contributed by atoms with Crippen LogP contribution in [0.4, 0.5) is 17.1 Å². The van der Waals surface area contributed by atoms with Gasteiger partial charge >= 0.3 is 0 Å². The third kappa shape index (κ3) is 7.03. The topological polar surface area (TPSA) is 29.0 Å². The van der Waals surface area contributed by atoms with Crippen LogP contribution in [0.25, 0.3) is 45.0 Å². The van der Waals surface area contributed by atoms with Gasteiger partial charge in [0.25, 0.3) is 0 Å². The summed E-state index contributed by atoms with van der Waals surface area (Å²) in [4.78, 5) is 12.9. The number of aromatic nitrogens is 2. The molecular formula is C64H59B2N3. The Morgan fingerprint density at radius 1 is 0.319 bits per heavy atom. The van der Waals surface area contributed by atoms with Gasteiger partial charge in [-0.3, -0.25) is 0 Å². The van der Waals surface area contributed by atoms with Gasteiger partial charge in [0.2, 0.25) is 13.4 Å². The maximum atomic E-state index is 5.20. The van der Waals surface area contributed by atoms with Gasteiger partial charge in [-0.2, -0.15) is 0 Å². The largest absolute Gasteiger partial charge is 0.313 e. The summed E-state index contributed by atoms with van der Waals surface area (Å²) in [5, 5.41) is 0. The van der Waals surface area contributed by atoms with E-state index in [9.17, 15) is 0 Å². The van der Waals surface area contributed by atoms with E-state index in [2.05, 4.69) is 221 Å². The molecule has 2 aliphatic rings. The summed E-state index contributed by atoms with van der Waals surface area (Å²) in [5.41, 5.74) is 35.9. The highest BCUT2D eigenvalue weighted by molar-refractivity contribution is 7.02. The highest BCUT2D eigenvalue weighted by atomic mass is 15.2. The van der Waals surface area contributed by atoms with Crippen LogP contribution in [0.1, 0.15) is 66.8 Å². The molecule has 0 N–H and O–H groups in total.